The summed E-state index contributed by atoms with van der Waals surface area (Å²) in [6, 6.07) is 24.5. The summed E-state index contributed by atoms with van der Waals surface area (Å²) < 4.78 is 22.9. The zero-order valence-corrected chi connectivity index (χ0v) is 19.0. The van der Waals surface area contributed by atoms with Crippen molar-refractivity contribution in [2.45, 2.75) is 18.9 Å². The van der Waals surface area contributed by atoms with Crippen molar-refractivity contribution in [1.29, 1.82) is 0 Å². The van der Waals surface area contributed by atoms with Crippen LogP contribution in [0, 0.1) is 0 Å². The van der Waals surface area contributed by atoms with Crippen molar-refractivity contribution in [2.75, 3.05) is 12.1 Å². The molecule has 6 rings (SSSR count). The molecule has 7 heteroatoms. The number of fused-ring (bicyclic) bond motifs is 2. The summed E-state index contributed by atoms with van der Waals surface area (Å²) >= 11 is 0. The molecule has 1 atom stereocenters. The molecule has 0 bridgehead atoms. The zero-order valence-electron chi connectivity index (χ0n) is 19.0. The lowest BCUT2D eigenvalue weighted by atomic mass is 9.93. The van der Waals surface area contributed by atoms with E-state index in [4.69, 9.17) is 18.9 Å². The summed E-state index contributed by atoms with van der Waals surface area (Å²) in [5, 5.41) is 2.97. The van der Waals surface area contributed by atoms with Gasteiger partial charge in [-0.2, -0.15) is 0 Å². The minimum Gasteiger partial charge on any atom is -0.461 e. The minimum atomic E-state index is -1.11. The van der Waals surface area contributed by atoms with Gasteiger partial charge in [0.15, 0.2) is 17.1 Å². The first-order valence-electron chi connectivity index (χ1n) is 11.3. The fourth-order valence-electron chi connectivity index (χ4n) is 4.31. The molecule has 174 valence electrons. The van der Waals surface area contributed by atoms with E-state index in [1.165, 1.54) is 0 Å². The fourth-order valence-corrected chi connectivity index (χ4v) is 4.31. The fraction of sp³-hybridized carbons (Fsp3) is 0.143. The Labute approximate surface area is 202 Å². The molecule has 0 spiro atoms. The van der Waals surface area contributed by atoms with Crippen LogP contribution in [-0.2, 0) is 11.2 Å². The standard InChI is InChI=1S/C28H22N2O5/c1-28(27(31)30-19-6-5-9-21(15-19)34-20-7-3-2-4-8-20)16-23-22(12-13-29-26(23)35-28)18-10-11-24-25(14-18)33-17-32-24/h2-15H,16-17H2,1H3,(H,30,31). The number of nitrogens with one attached hydrogen (secondary N) is 1. The summed E-state index contributed by atoms with van der Waals surface area (Å²) in [6.45, 7) is 1.99. The Balaban J connectivity index is 1.22. The van der Waals surface area contributed by atoms with Gasteiger partial charge in [0, 0.05) is 29.9 Å². The highest BCUT2D eigenvalue weighted by Crippen LogP contribution is 2.42. The molecule has 1 amide bonds. The van der Waals surface area contributed by atoms with Crippen LogP contribution >= 0.6 is 0 Å². The van der Waals surface area contributed by atoms with E-state index in [1.54, 1.807) is 19.2 Å². The van der Waals surface area contributed by atoms with Crippen molar-refractivity contribution in [3.05, 3.63) is 90.6 Å². The van der Waals surface area contributed by atoms with Gasteiger partial charge in [0.2, 0.25) is 12.7 Å². The summed E-state index contributed by atoms with van der Waals surface area (Å²) in [6.07, 6.45) is 2.07. The molecule has 0 saturated carbocycles. The number of para-hydroxylation sites is 1. The largest absolute Gasteiger partial charge is 0.461 e. The Hall–Kier alpha value is -4.52. The Kier molecular flexibility index (Phi) is 5.03. The molecule has 1 unspecified atom stereocenters. The lowest BCUT2D eigenvalue weighted by molar-refractivity contribution is -0.128. The van der Waals surface area contributed by atoms with E-state index in [1.807, 2.05) is 72.8 Å². The number of ether oxygens (including phenoxy) is 4. The second kappa shape index (κ2) is 8.36. The first-order valence-corrected chi connectivity index (χ1v) is 11.3. The highest BCUT2D eigenvalue weighted by Gasteiger charge is 2.44. The molecule has 1 N–H and O–H groups in total. The van der Waals surface area contributed by atoms with E-state index < -0.39 is 5.60 Å². The number of hydrogen-bond acceptors (Lipinski definition) is 6. The zero-order chi connectivity index (χ0) is 23.8. The van der Waals surface area contributed by atoms with Crippen LogP contribution in [0.2, 0.25) is 0 Å². The monoisotopic (exact) mass is 466 g/mol. The first-order chi connectivity index (χ1) is 17.1. The number of aromatic nitrogens is 1. The van der Waals surface area contributed by atoms with Crippen LogP contribution in [0.4, 0.5) is 5.69 Å². The van der Waals surface area contributed by atoms with Crippen LogP contribution in [0.1, 0.15) is 12.5 Å². The van der Waals surface area contributed by atoms with E-state index in [2.05, 4.69) is 10.3 Å². The van der Waals surface area contributed by atoms with Crippen LogP contribution in [0.3, 0.4) is 0 Å². The van der Waals surface area contributed by atoms with Gasteiger partial charge in [-0.25, -0.2) is 4.98 Å². The summed E-state index contributed by atoms with van der Waals surface area (Å²) in [4.78, 5) is 17.7. The maximum absolute atomic E-state index is 13.3. The molecule has 0 fully saturated rings. The molecule has 4 aromatic rings. The van der Waals surface area contributed by atoms with Crippen LogP contribution in [0.5, 0.6) is 28.9 Å². The van der Waals surface area contributed by atoms with Crippen molar-refractivity contribution in [1.82, 2.24) is 4.98 Å². The smallest absolute Gasteiger partial charge is 0.268 e. The molecule has 35 heavy (non-hydrogen) atoms. The predicted molar refractivity (Wildman–Crippen MR) is 130 cm³/mol. The number of hydrogen-bond donors (Lipinski definition) is 1. The average Bonchev–Trinajstić information content (AvgIpc) is 3.48. The Morgan fingerprint density at radius 2 is 1.77 bits per heavy atom. The van der Waals surface area contributed by atoms with Crippen LogP contribution in [0.25, 0.3) is 11.1 Å². The summed E-state index contributed by atoms with van der Waals surface area (Å²) in [5.41, 5.74) is 2.28. The molecule has 0 radical (unpaired) electrons. The van der Waals surface area contributed by atoms with Crippen molar-refractivity contribution in [2.24, 2.45) is 0 Å². The second-order valence-corrected chi connectivity index (χ2v) is 8.62. The third-order valence-corrected chi connectivity index (χ3v) is 6.09. The molecule has 3 aromatic carbocycles. The van der Waals surface area contributed by atoms with E-state index >= 15 is 0 Å². The van der Waals surface area contributed by atoms with Gasteiger partial charge < -0.3 is 24.3 Å². The van der Waals surface area contributed by atoms with E-state index in [-0.39, 0.29) is 12.7 Å². The number of anilines is 1. The van der Waals surface area contributed by atoms with Crippen LogP contribution in [0.15, 0.2) is 85.1 Å². The number of carbonyl (C=O) groups is 1. The molecular formula is C28H22N2O5. The van der Waals surface area contributed by atoms with Crippen molar-refractivity contribution >= 4 is 11.6 Å². The number of rotatable bonds is 5. The predicted octanol–water partition coefficient (Wildman–Crippen LogP) is 5.60. The van der Waals surface area contributed by atoms with Gasteiger partial charge in [-0.3, -0.25) is 4.79 Å². The average molecular weight is 466 g/mol. The van der Waals surface area contributed by atoms with Gasteiger partial charge in [-0.1, -0.05) is 30.3 Å². The number of nitrogens with zero attached hydrogens (tertiary/aromatic N) is 1. The number of benzene rings is 3. The molecular weight excluding hydrogens is 444 g/mol. The van der Waals surface area contributed by atoms with E-state index in [9.17, 15) is 4.79 Å². The van der Waals surface area contributed by atoms with Gasteiger partial charge in [0.25, 0.3) is 5.91 Å². The highest BCUT2D eigenvalue weighted by molar-refractivity contribution is 5.98. The van der Waals surface area contributed by atoms with E-state index in [0.717, 1.165) is 28.2 Å². The maximum atomic E-state index is 13.3. The quantitative estimate of drug-likeness (QED) is 0.412. The van der Waals surface area contributed by atoms with Crippen LogP contribution in [-0.4, -0.2) is 23.3 Å². The Bertz CT molecular complexity index is 1420. The van der Waals surface area contributed by atoms with Crippen LogP contribution < -0.4 is 24.3 Å². The lowest BCUT2D eigenvalue weighted by Gasteiger charge is -2.22. The highest BCUT2D eigenvalue weighted by atomic mass is 16.7. The van der Waals surface area contributed by atoms with Gasteiger partial charge in [-0.05, 0) is 60.5 Å². The normalized spacial score (nSPS) is 17.4. The van der Waals surface area contributed by atoms with Gasteiger partial charge in [0.1, 0.15) is 11.5 Å². The van der Waals surface area contributed by atoms with Crippen molar-refractivity contribution in [3.63, 3.8) is 0 Å². The summed E-state index contributed by atoms with van der Waals surface area (Å²) in [5.74, 6) is 2.97. The number of carbonyl (C=O) groups excluding carboxylic acids is 1. The van der Waals surface area contributed by atoms with Crippen molar-refractivity contribution in [3.8, 4) is 40.0 Å². The summed E-state index contributed by atoms with van der Waals surface area (Å²) in [7, 11) is 0. The molecule has 1 aromatic heterocycles. The number of pyridine rings is 1. The lowest BCUT2D eigenvalue weighted by Crippen LogP contribution is -2.44. The molecule has 7 nitrogen and oxygen atoms in total. The Morgan fingerprint density at radius 1 is 0.943 bits per heavy atom. The molecule has 2 aliphatic rings. The van der Waals surface area contributed by atoms with Gasteiger partial charge >= 0.3 is 0 Å². The molecule has 0 aliphatic carbocycles. The van der Waals surface area contributed by atoms with Crippen molar-refractivity contribution < 1.29 is 23.7 Å². The topological polar surface area (TPSA) is 78.9 Å². The molecule has 2 aliphatic heterocycles. The molecule has 3 heterocycles. The third kappa shape index (κ3) is 4.01. The number of amides is 1. The van der Waals surface area contributed by atoms with Gasteiger partial charge in [0.05, 0.1) is 0 Å². The van der Waals surface area contributed by atoms with Gasteiger partial charge in [-0.15, -0.1) is 0 Å². The Morgan fingerprint density at radius 3 is 2.66 bits per heavy atom. The first kappa shape index (κ1) is 21.0. The third-order valence-electron chi connectivity index (χ3n) is 6.09. The second-order valence-electron chi connectivity index (χ2n) is 8.62. The SMILES string of the molecule is CC1(C(=O)Nc2cccc(Oc3ccccc3)c2)Cc2c(-c3ccc4c(c3)OCO4)ccnc2O1. The minimum absolute atomic E-state index is 0.214. The molecule has 0 saturated heterocycles. The van der Waals surface area contributed by atoms with E-state index in [0.29, 0.717) is 29.5 Å². The maximum Gasteiger partial charge on any atom is 0.268 e.